The predicted octanol–water partition coefficient (Wildman–Crippen LogP) is 2.80. The third-order valence-electron chi connectivity index (χ3n) is 2.16. The Bertz CT molecular complexity index is 251. The maximum absolute atomic E-state index is 11.9. The summed E-state index contributed by atoms with van der Waals surface area (Å²) in [5, 5.41) is 0. The van der Waals surface area contributed by atoms with Gasteiger partial charge in [-0.25, -0.2) is 4.39 Å². The van der Waals surface area contributed by atoms with Crippen LogP contribution in [0.4, 0.5) is 4.39 Å². The van der Waals surface area contributed by atoms with E-state index < -0.39 is 6.67 Å². The minimum atomic E-state index is -0.469. The Morgan fingerprint density at radius 2 is 2.29 bits per heavy atom. The first-order chi connectivity index (χ1) is 6.69. The number of hydrogen-bond donors (Lipinski definition) is 0. The summed E-state index contributed by atoms with van der Waals surface area (Å²) in [4.78, 5) is 0. The van der Waals surface area contributed by atoms with Crippen molar-refractivity contribution in [3.8, 4) is 0 Å². The molecule has 0 radical (unpaired) electrons. The van der Waals surface area contributed by atoms with E-state index in [1.807, 2.05) is 19.1 Å². The van der Waals surface area contributed by atoms with Crippen molar-refractivity contribution in [3.63, 3.8) is 0 Å². The van der Waals surface area contributed by atoms with Crippen molar-refractivity contribution in [1.29, 1.82) is 0 Å². The lowest BCUT2D eigenvalue weighted by Gasteiger charge is -2.26. The smallest absolute Gasteiger partial charge is 0.123 e. The molecule has 0 aromatic carbocycles. The highest BCUT2D eigenvalue weighted by Gasteiger charge is 2.24. The molecule has 0 spiro atoms. The molecule has 0 bridgehead atoms. The molecule has 0 heterocycles. The summed E-state index contributed by atoms with van der Waals surface area (Å²) in [6.07, 6.45) is 3.81. The number of allylic oxidation sites excluding steroid dienone is 2. The lowest BCUT2D eigenvalue weighted by Crippen LogP contribution is -2.24. The van der Waals surface area contributed by atoms with Crippen molar-refractivity contribution >= 4 is 15.9 Å². The Morgan fingerprint density at radius 1 is 1.57 bits per heavy atom. The summed E-state index contributed by atoms with van der Waals surface area (Å²) in [6.45, 7) is 1.63. The van der Waals surface area contributed by atoms with Crippen LogP contribution in [-0.4, -0.2) is 26.5 Å². The first-order valence-corrected chi connectivity index (χ1v) is 5.28. The van der Waals surface area contributed by atoms with Crippen molar-refractivity contribution in [2.75, 3.05) is 20.4 Å². The zero-order chi connectivity index (χ0) is 10.6. The van der Waals surface area contributed by atoms with E-state index in [4.69, 9.17) is 9.47 Å². The van der Waals surface area contributed by atoms with Gasteiger partial charge >= 0.3 is 0 Å². The van der Waals surface area contributed by atoms with E-state index in [9.17, 15) is 4.39 Å². The fourth-order valence-electron chi connectivity index (χ4n) is 1.38. The van der Waals surface area contributed by atoms with E-state index in [0.717, 1.165) is 10.2 Å². The first kappa shape index (κ1) is 11.7. The topological polar surface area (TPSA) is 18.5 Å². The molecule has 0 aromatic heterocycles. The molecule has 14 heavy (non-hydrogen) atoms. The molecule has 0 aliphatic heterocycles. The molecule has 2 nitrogen and oxygen atoms in total. The molecule has 1 aliphatic rings. The molecule has 0 aromatic rings. The standard InChI is InChI=1S/C10H14BrFO2/c1-7-9(13-2)5-8(11)6-10(7)14-4-3-12/h5-7,9H,3-4H2,1-2H3. The Hall–Kier alpha value is -0.350. The SMILES string of the molecule is COC1C=C(Br)C=C(OCCF)C1C. The molecule has 4 heteroatoms. The number of rotatable bonds is 4. The highest BCUT2D eigenvalue weighted by molar-refractivity contribution is 9.11. The maximum Gasteiger partial charge on any atom is 0.123 e. The fraction of sp³-hybridized carbons (Fsp3) is 0.600. The molecular formula is C10H14BrFO2. The van der Waals surface area contributed by atoms with E-state index in [2.05, 4.69) is 15.9 Å². The number of alkyl halides is 1. The van der Waals surface area contributed by atoms with Crippen LogP contribution in [-0.2, 0) is 9.47 Å². The highest BCUT2D eigenvalue weighted by atomic mass is 79.9. The van der Waals surface area contributed by atoms with Crippen LogP contribution in [0.2, 0.25) is 0 Å². The first-order valence-electron chi connectivity index (χ1n) is 4.49. The van der Waals surface area contributed by atoms with Gasteiger partial charge in [0, 0.05) is 17.5 Å². The van der Waals surface area contributed by atoms with Crippen LogP contribution in [0, 0.1) is 5.92 Å². The molecule has 80 valence electrons. The van der Waals surface area contributed by atoms with Gasteiger partial charge in [-0.1, -0.05) is 22.9 Å². The van der Waals surface area contributed by atoms with Crippen LogP contribution < -0.4 is 0 Å². The van der Waals surface area contributed by atoms with E-state index >= 15 is 0 Å². The fourth-order valence-corrected chi connectivity index (χ4v) is 1.87. The summed E-state index contributed by atoms with van der Waals surface area (Å²) < 4.78 is 23.4. The summed E-state index contributed by atoms with van der Waals surface area (Å²) in [7, 11) is 1.65. The van der Waals surface area contributed by atoms with Gasteiger partial charge in [-0.3, -0.25) is 0 Å². The molecule has 2 unspecified atom stereocenters. The number of methoxy groups -OCH3 is 1. The average Bonchev–Trinajstić information content (AvgIpc) is 2.18. The minimum absolute atomic E-state index is 0.0102. The van der Waals surface area contributed by atoms with E-state index in [1.54, 1.807) is 7.11 Å². The van der Waals surface area contributed by atoms with E-state index in [-0.39, 0.29) is 18.6 Å². The Labute approximate surface area is 91.9 Å². The summed E-state index contributed by atoms with van der Waals surface area (Å²) in [6, 6.07) is 0. The molecule has 0 fully saturated rings. The van der Waals surface area contributed by atoms with Crippen LogP contribution in [0.1, 0.15) is 6.92 Å². The van der Waals surface area contributed by atoms with Gasteiger partial charge in [0.2, 0.25) is 0 Å². The van der Waals surface area contributed by atoms with Crippen LogP contribution in [0.25, 0.3) is 0 Å². The Morgan fingerprint density at radius 3 is 2.86 bits per heavy atom. The van der Waals surface area contributed by atoms with Crippen molar-refractivity contribution in [2.45, 2.75) is 13.0 Å². The van der Waals surface area contributed by atoms with Gasteiger partial charge < -0.3 is 9.47 Å². The highest BCUT2D eigenvalue weighted by Crippen LogP contribution is 2.29. The van der Waals surface area contributed by atoms with Crippen molar-refractivity contribution in [3.05, 3.63) is 22.4 Å². The zero-order valence-electron chi connectivity index (χ0n) is 8.30. The Balaban J connectivity index is 2.68. The molecule has 0 N–H and O–H groups in total. The van der Waals surface area contributed by atoms with Crippen LogP contribution in [0.5, 0.6) is 0 Å². The number of ether oxygens (including phenoxy) is 2. The van der Waals surface area contributed by atoms with Gasteiger partial charge in [0.15, 0.2) is 0 Å². The molecule has 2 atom stereocenters. The van der Waals surface area contributed by atoms with Crippen molar-refractivity contribution < 1.29 is 13.9 Å². The summed E-state index contributed by atoms with van der Waals surface area (Å²) in [5.74, 6) is 0.900. The molecular weight excluding hydrogens is 251 g/mol. The second-order valence-electron chi connectivity index (χ2n) is 3.12. The zero-order valence-corrected chi connectivity index (χ0v) is 9.88. The third-order valence-corrected chi connectivity index (χ3v) is 2.66. The summed E-state index contributed by atoms with van der Waals surface area (Å²) >= 11 is 3.36. The normalized spacial score (nSPS) is 26.9. The van der Waals surface area contributed by atoms with E-state index in [0.29, 0.717) is 0 Å². The summed E-state index contributed by atoms with van der Waals surface area (Å²) in [5.41, 5.74) is 0. The lowest BCUT2D eigenvalue weighted by molar-refractivity contribution is 0.0684. The van der Waals surface area contributed by atoms with Gasteiger partial charge in [-0.05, 0) is 12.2 Å². The molecule has 0 amide bonds. The third kappa shape index (κ3) is 2.82. The maximum atomic E-state index is 11.9. The van der Waals surface area contributed by atoms with Gasteiger partial charge in [0.1, 0.15) is 19.0 Å². The minimum Gasteiger partial charge on any atom is -0.495 e. The lowest BCUT2D eigenvalue weighted by atomic mass is 9.97. The number of halogens is 2. The second-order valence-corrected chi connectivity index (χ2v) is 4.04. The van der Waals surface area contributed by atoms with Crippen LogP contribution in [0.15, 0.2) is 22.4 Å². The number of hydrogen-bond acceptors (Lipinski definition) is 2. The quantitative estimate of drug-likeness (QED) is 0.778. The van der Waals surface area contributed by atoms with Crippen LogP contribution >= 0.6 is 15.9 Å². The monoisotopic (exact) mass is 264 g/mol. The van der Waals surface area contributed by atoms with Gasteiger partial charge in [-0.15, -0.1) is 0 Å². The molecule has 0 saturated heterocycles. The molecule has 0 saturated carbocycles. The van der Waals surface area contributed by atoms with Crippen LogP contribution in [0.3, 0.4) is 0 Å². The van der Waals surface area contributed by atoms with E-state index in [1.165, 1.54) is 0 Å². The van der Waals surface area contributed by atoms with Gasteiger partial charge in [0.05, 0.1) is 6.10 Å². The average molecular weight is 265 g/mol. The van der Waals surface area contributed by atoms with Crippen molar-refractivity contribution in [2.24, 2.45) is 5.92 Å². The largest absolute Gasteiger partial charge is 0.495 e. The molecule has 1 rings (SSSR count). The van der Waals surface area contributed by atoms with Crippen molar-refractivity contribution in [1.82, 2.24) is 0 Å². The second kappa shape index (κ2) is 5.51. The predicted molar refractivity (Wildman–Crippen MR) is 57.0 cm³/mol. The van der Waals surface area contributed by atoms with Gasteiger partial charge in [-0.2, -0.15) is 0 Å². The molecule has 1 aliphatic carbocycles. The van der Waals surface area contributed by atoms with Gasteiger partial charge in [0.25, 0.3) is 0 Å². The Kier molecular flexibility index (Phi) is 4.62.